The molecule has 6 rings (SSSR count). The maximum atomic E-state index is 9.77. The zero-order chi connectivity index (χ0) is 41.4. The summed E-state index contributed by atoms with van der Waals surface area (Å²) >= 11 is 0. The number of aliphatic carboxylic acids is 4. The molecule has 0 amide bonds. The van der Waals surface area contributed by atoms with Crippen LogP contribution in [0.1, 0.15) is 51.4 Å². The van der Waals surface area contributed by atoms with E-state index in [2.05, 4.69) is 36.4 Å². The summed E-state index contributed by atoms with van der Waals surface area (Å²) in [6, 6.07) is 75.0. The van der Waals surface area contributed by atoms with Crippen LogP contribution in [0.3, 0.4) is 0 Å². The summed E-state index contributed by atoms with van der Waals surface area (Å²) < 4.78 is 0. The first-order chi connectivity index (χ1) is 27.3. The quantitative estimate of drug-likeness (QED) is 0.146. The number of carboxylic acid groups (broad SMARTS) is 4. The number of carbonyl (C=O) groups excluding carboxylic acids is 4. The van der Waals surface area contributed by atoms with Gasteiger partial charge in [-0.05, 0) is 87.8 Å². The fraction of sp³-hybridized carbons (Fsp3) is 0.167. The molecular weight excluding hydrogens is 948 g/mol. The van der Waals surface area contributed by atoms with Gasteiger partial charge in [-0.3, -0.25) is 0 Å². The monoisotopic (exact) mass is 992 g/mol. The summed E-state index contributed by atoms with van der Waals surface area (Å²) in [6.07, 6.45) is 1.07. The van der Waals surface area contributed by atoms with Gasteiger partial charge in [-0.2, -0.15) is 0 Å². The largest absolute Gasteiger partial charge is 0.550 e. The van der Waals surface area contributed by atoms with E-state index < -0.39 is 23.9 Å². The van der Waals surface area contributed by atoms with Crippen molar-refractivity contribution < 1.29 is 39.6 Å². The van der Waals surface area contributed by atoms with Crippen LogP contribution in [0.15, 0.2) is 182 Å². The van der Waals surface area contributed by atoms with Crippen LogP contribution in [-0.2, 0) is 19.2 Å². The van der Waals surface area contributed by atoms with Gasteiger partial charge in [-0.25, -0.2) is 0 Å². The van der Waals surface area contributed by atoms with Gasteiger partial charge in [-0.15, -0.1) is 0 Å². The molecule has 0 N–H and O–H groups in total. The molecule has 0 saturated heterocycles. The van der Waals surface area contributed by atoms with E-state index in [1.807, 2.05) is 182 Å². The van der Waals surface area contributed by atoms with Crippen molar-refractivity contribution in [1.29, 1.82) is 0 Å². The zero-order valence-corrected chi connectivity index (χ0v) is 37.2. The minimum Gasteiger partial charge on any atom is -0.550 e. The predicted molar refractivity (Wildman–Crippen MR) is 220 cm³/mol. The van der Waals surface area contributed by atoms with E-state index >= 15 is 0 Å². The predicted octanol–water partition coefficient (Wildman–Crippen LogP) is 4.25. The van der Waals surface area contributed by atoms with Crippen molar-refractivity contribution in [2.45, 2.75) is 51.4 Å². The van der Waals surface area contributed by atoms with E-state index in [0.29, 0.717) is 25.7 Å². The van der Waals surface area contributed by atoms with Gasteiger partial charge in [0.25, 0.3) is 0 Å². The van der Waals surface area contributed by atoms with E-state index in [1.54, 1.807) is 0 Å². The summed E-state index contributed by atoms with van der Waals surface area (Å²) in [5.74, 6) is -4.56. The van der Waals surface area contributed by atoms with Crippen LogP contribution in [-0.4, -0.2) is 72.7 Å². The van der Waals surface area contributed by atoms with Crippen molar-refractivity contribution >= 4 is 72.7 Å². The molecule has 6 aromatic carbocycles. The Morgan fingerprint density at radius 2 is 0.379 bits per heavy atom. The molecule has 300 valence electrons. The fourth-order valence-corrected chi connectivity index (χ4v) is 3.13. The zero-order valence-electron chi connectivity index (χ0n) is 32.1. The molecule has 0 fully saturated rings. The Bertz CT molecular complexity index is 1170. The van der Waals surface area contributed by atoms with E-state index in [-0.39, 0.29) is 74.5 Å². The molecule has 0 aliphatic carbocycles. The second kappa shape index (κ2) is 51.8. The van der Waals surface area contributed by atoms with Gasteiger partial charge in [0.05, 0.1) is 0 Å². The van der Waals surface area contributed by atoms with Crippen molar-refractivity contribution in [3.63, 3.8) is 0 Å². The molecule has 10 heteroatoms. The molecule has 0 bridgehead atoms. The average molecular weight is 994 g/mol. The first-order valence-corrected chi connectivity index (χ1v) is 17.5. The molecule has 0 aromatic heterocycles. The maximum absolute atomic E-state index is 9.77. The van der Waals surface area contributed by atoms with E-state index in [4.69, 9.17) is 0 Å². The van der Waals surface area contributed by atoms with E-state index in [9.17, 15) is 39.6 Å². The van der Waals surface area contributed by atoms with Crippen molar-refractivity contribution in [1.82, 2.24) is 0 Å². The van der Waals surface area contributed by atoms with Crippen LogP contribution in [0.5, 0.6) is 0 Å². The first kappa shape index (κ1) is 59.5. The number of carboxylic acids is 4. The van der Waals surface area contributed by atoms with Crippen LogP contribution < -0.4 is 20.4 Å². The Balaban J connectivity index is -0.000000288. The molecule has 6 aromatic rings. The molecule has 0 saturated carbocycles. The van der Waals surface area contributed by atoms with Crippen LogP contribution in [0.25, 0.3) is 0 Å². The number of carbonyl (C=O) groups is 4. The third-order valence-corrected chi connectivity index (χ3v) is 5.67. The molecule has 0 atom stereocenters. The summed E-state index contributed by atoms with van der Waals surface area (Å²) in [6.45, 7) is 0. The normalized spacial score (nSPS) is 8.14. The van der Waals surface area contributed by atoms with Gasteiger partial charge in [0.1, 0.15) is 0 Å². The molecule has 0 heterocycles. The third-order valence-electron chi connectivity index (χ3n) is 5.67. The second-order valence-corrected chi connectivity index (χ2v) is 10.4. The Labute approximate surface area is 379 Å². The SMILES string of the molecule is O=C([O-])CCCCC(=O)[O-].O=C([O-])CCCCC(=O)[O-].[Sb].[Sb].[c]1ccccc1.[c]1ccccc1.[c]1ccccc1.[c]1ccccc1.[c]1ccccc1.[c]1ccccc1. The van der Waals surface area contributed by atoms with Crippen molar-refractivity contribution in [3.05, 3.63) is 218 Å². The van der Waals surface area contributed by atoms with Crippen LogP contribution in [0, 0.1) is 36.4 Å². The number of benzene rings is 6. The van der Waals surface area contributed by atoms with Gasteiger partial charge in [0.15, 0.2) is 0 Å². The van der Waals surface area contributed by atoms with Gasteiger partial charge in [0.2, 0.25) is 0 Å². The number of hydrogen-bond donors (Lipinski definition) is 0. The van der Waals surface area contributed by atoms with Crippen molar-refractivity contribution in [3.8, 4) is 0 Å². The topological polar surface area (TPSA) is 161 Å². The smallest absolute Gasteiger partial charge is 0.0414 e. The van der Waals surface area contributed by atoms with Crippen LogP contribution in [0.4, 0.5) is 0 Å². The molecule has 58 heavy (non-hydrogen) atoms. The van der Waals surface area contributed by atoms with Crippen LogP contribution in [0.2, 0.25) is 0 Å². The van der Waals surface area contributed by atoms with E-state index in [0.717, 1.165) is 0 Å². The Kier molecular flexibility index (Phi) is 53.2. The molecule has 0 spiro atoms. The van der Waals surface area contributed by atoms with Crippen molar-refractivity contribution in [2.24, 2.45) is 0 Å². The number of unbranched alkanes of at least 4 members (excludes halogenated alkanes) is 2. The Hall–Kier alpha value is -5.16. The van der Waals surface area contributed by atoms with Gasteiger partial charge in [-0.1, -0.05) is 182 Å². The van der Waals surface area contributed by atoms with Crippen LogP contribution >= 0.6 is 0 Å². The summed E-state index contributed by atoms with van der Waals surface area (Å²) in [4.78, 5) is 39.1. The average Bonchev–Trinajstić information content (AvgIpc) is 3.26. The molecule has 0 aliphatic rings. The standard InChI is InChI=1S/2C6H10O4.6C6H5.2Sb/c2*7-5(8)3-1-2-4-6(9)10;6*1-2-4-6-5-3-1;;/h2*1-4H2,(H,7,8)(H,9,10);6*1-5H;;/p-4. The summed E-state index contributed by atoms with van der Waals surface area (Å²) in [5.41, 5.74) is 0. The maximum Gasteiger partial charge on any atom is 0.0414 e. The van der Waals surface area contributed by atoms with Crippen molar-refractivity contribution in [2.75, 3.05) is 0 Å². The first-order valence-electron chi connectivity index (χ1n) is 17.5. The van der Waals surface area contributed by atoms with Gasteiger partial charge >= 0.3 is 0 Å². The molecule has 0 unspecified atom stereocenters. The second-order valence-electron chi connectivity index (χ2n) is 10.4. The van der Waals surface area contributed by atoms with Gasteiger partial charge < -0.3 is 39.6 Å². The van der Waals surface area contributed by atoms with Gasteiger partial charge in [0, 0.05) is 72.7 Å². The number of hydrogen-bond acceptors (Lipinski definition) is 8. The number of rotatable bonds is 10. The molecule has 0 aliphatic heterocycles. The molecule has 8 nitrogen and oxygen atoms in total. The molecule has 12 radical (unpaired) electrons. The summed E-state index contributed by atoms with van der Waals surface area (Å²) in [7, 11) is 0. The molecular formula is C48H46O8Sb2-4. The summed E-state index contributed by atoms with van der Waals surface area (Å²) in [5, 5.41) is 39.1. The van der Waals surface area contributed by atoms with E-state index in [1.165, 1.54) is 0 Å². The third kappa shape index (κ3) is 62.8. The Morgan fingerprint density at radius 3 is 0.431 bits per heavy atom. The minimum absolute atomic E-state index is 0. The fourth-order valence-electron chi connectivity index (χ4n) is 3.13. The Morgan fingerprint density at radius 1 is 0.259 bits per heavy atom. The minimum atomic E-state index is -1.14.